The van der Waals surface area contributed by atoms with Gasteiger partial charge in [0, 0.05) is 25.2 Å². The van der Waals surface area contributed by atoms with Crippen molar-refractivity contribution in [2.24, 2.45) is 0 Å². The van der Waals surface area contributed by atoms with E-state index in [1.54, 1.807) is 7.11 Å². The van der Waals surface area contributed by atoms with Crippen molar-refractivity contribution in [1.82, 2.24) is 10.2 Å². The molecule has 33 heavy (non-hydrogen) atoms. The Morgan fingerprint density at radius 2 is 1.82 bits per heavy atom. The van der Waals surface area contributed by atoms with Gasteiger partial charge in [0.2, 0.25) is 5.91 Å². The lowest BCUT2D eigenvalue weighted by Crippen LogP contribution is -2.59. The summed E-state index contributed by atoms with van der Waals surface area (Å²) in [4.78, 5) is 16.2. The van der Waals surface area contributed by atoms with Gasteiger partial charge < -0.3 is 20.1 Å². The number of rotatable bonds is 8. The number of anilines is 1. The van der Waals surface area contributed by atoms with Crippen molar-refractivity contribution >= 4 is 11.6 Å². The van der Waals surface area contributed by atoms with E-state index >= 15 is 0 Å². The summed E-state index contributed by atoms with van der Waals surface area (Å²) in [5.74, 6) is 0.593. The Hall–Kier alpha value is -2.41. The van der Waals surface area contributed by atoms with Gasteiger partial charge in [-0.25, -0.2) is 0 Å². The Balaban J connectivity index is 1.56. The second-order valence-electron chi connectivity index (χ2n) is 9.30. The van der Waals surface area contributed by atoms with E-state index in [0.29, 0.717) is 11.4 Å². The van der Waals surface area contributed by atoms with Gasteiger partial charge in [-0.15, -0.1) is 0 Å². The van der Waals surface area contributed by atoms with Crippen LogP contribution in [0.25, 0.3) is 0 Å². The lowest BCUT2D eigenvalue weighted by Gasteiger charge is -2.48. The molecule has 1 saturated carbocycles. The van der Waals surface area contributed by atoms with Crippen LogP contribution in [0.5, 0.6) is 5.75 Å². The number of hydrogen-bond acceptors (Lipinski definition) is 5. The van der Waals surface area contributed by atoms with Crippen molar-refractivity contribution < 1.29 is 14.3 Å². The van der Waals surface area contributed by atoms with Crippen LogP contribution in [0.15, 0.2) is 48.5 Å². The first-order chi connectivity index (χ1) is 16.1. The highest BCUT2D eigenvalue weighted by Gasteiger charge is 2.39. The summed E-state index contributed by atoms with van der Waals surface area (Å²) in [5.41, 5.74) is 2.82. The van der Waals surface area contributed by atoms with Gasteiger partial charge >= 0.3 is 0 Å². The molecule has 0 radical (unpaired) electrons. The molecule has 1 heterocycles. The van der Waals surface area contributed by atoms with Crippen molar-refractivity contribution in [3.8, 4) is 5.75 Å². The average Bonchev–Trinajstić information content (AvgIpc) is 2.86. The smallest absolute Gasteiger partial charge is 0.246 e. The Morgan fingerprint density at radius 3 is 2.52 bits per heavy atom. The topological polar surface area (TPSA) is 62.8 Å². The fourth-order valence-corrected chi connectivity index (χ4v) is 5.28. The first kappa shape index (κ1) is 23.7. The van der Waals surface area contributed by atoms with E-state index in [0.717, 1.165) is 56.8 Å². The molecule has 2 fully saturated rings. The quantitative estimate of drug-likeness (QED) is 0.626. The molecule has 0 spiro atoms. The van der Waals surface area contributed by atoms with E-state index < -0.39 is 6.04 Å². The highest BCUT2D eigenvalue weighted by atomic mass is 16.5. The number of methoxy groups -OCH3 is 1. The molecule has 1 saturated heterocycles. The highest BCUT2D eigenvalue weighted by Crippen LogP contribution is 2.35. The maximum Gasteiger partial charge on any atom is 0.246 e. The highest BCUT2D eigenvalue weighted by molar-refractivity contribution is 5.96. The molecular formula is C27H37N3O3. The SMILES string of the molecule is COc1ccc(C)cc1NC(=O)[C@@H](NCC1(N2CCOCC2)CCCCC1)c1ccccc1. The molecule has 1 atom stereocenters. The lowest BCUT2D eigenvalue weighted by atomic mass is 9.79. The monoisotopic (exact) mass is 451 g/mol. The van der Waals surface area contributed by atoms with Crippen LogP contribution in [0.1, 0.15) is 49.3 Å². The molecule has 1 amide bonds. The van der Waals surface area contributed by atoms with E-state index in [1.165, 1.54) is 19.3 Å². The van der Waals surface area contributed by atoms with Gasteiger partial charge in [0.05, 0.1) is 26.0 Å². The molecule has 4 rings (SSSR count). The van der Waals surface area contributed by atoms with Crippen LogP contribution in [0.4, 0.5) is 5.69 Å². The number of benzene rings is 2. The molecule has 6 heteroatoms. The van der Waals surface area contributed by atoms with Gasteiger partial charge in [-0.05, 0) is 43.0 Å². The van der Waals surface area contributed by atoms with E-state index in [2.05, 4.69) is 15.5 Å². The minimum Gasteiger partial charge on any atom is -0.495 e. The molecule has 1 aliphatic carbocycles. The summed E-state index contributed by atoms with van der Waals surface area (Å²) < 4.78 is 11.1. The van der Waals surface area contributed by atoms with Crippen LogP contribution < -0.4 is 15.4 Å². The van der Waals surface area contributed by atoms with E-state index in [9.17, 15) is 4.79 Å². The largest absolute Gasteiger partial charge is 0.495 e. The molecule has 178 valence electrons. The third-order valence-electron chi connectivity index (χ3n) is 7.11. The van der Waals surface area contributed by atoms with Crippen molar-refractivity contribution in [2.75, 3.05) is 45.3 Å². The zero-order valence-corrected chi connectivity index (χ0v) is 19.9. The second-order valence-corrected chi connectivity index (χ2v) is 9.30. The number of nitrogens with zero attached hydrogens (tertiary/aromatic N) is 1. The van der Waals surface area contributed by atoms with Gasteiger partial charge in [0.25, 0.3) is 0 Å². The molecule has 2 aromatic rings. The average molecular weight is 452 g/mol. The Kier molecular flexibility index (Phi) is 8.02. The first-order valence-electron chi connectivity index (χ1n) is 12.2. The molecule has 1 aliphatic heterocycles. The minimum atomic E-state index is -0.448. The van der Waals surface area contributed by atoms with Crippen molar-refractivity contribution in [2.45, 2.75) is 50.6 Å². The number of carbonyl (C=O) groups excluding carboxylic acids is 1. The standard InChI is InChI=1S/C27H37N3O3/c1-21-11-12-24(32-2)23(19-21)29-26(31)25(22-9-5-3-6-10-22)28-20-27(13-7-4-8-14-27)30-15-17-33-18-16-30/h3,5-6,9-12,19,25,28H,4,7-8,13-18,20H2,1-2H3,(H,29,31)/t25-/m0/s1. The normalized spacial score (nSPS) is 19.6. The predicted octanol–water partition coefficient (Wildman–Crippen LogP) is 4.31. The summed E-state index contributed by atoms with van der Waals surface area (Å²) in [6.07, 6.45) is 6.09. The van der Waals surface area contributed by atoms with E-state index in [4.69, 9.17) is 9.47 Å². The minimum absolute atomic E-state index is 0.0713. The summed E-state index contributed by atoms with van der Waals surface area (Å²) in [6, 6.07) is 15.4. The maximum atomic E-state index is 13.6. The van der Waals surface area contributed by atoms with Gasteiger partial charge in [-0.3, -0.25) is 9.69 Å². The predicted molar refractivity (Wildman–Crippen MR) is 132 cm³/mol. The second kappa shape index (κ2) is 11.1. The summed E-state index contributed by atoms with van der Waals surface area (Å²) >= 11 is 0. The molecule has 2 aromatic carbocycles. The van der Waals surface area contributed by atoms with Crippen LogP contribution >= 0.6 is 0 Å². The zero-order valence-electron chi connectivity index (χ0n) is 19.9. The number of amides is 1. The van der Waals surface area contributed by atoms with Crippen LogP contribution in [-0.4, -0.2) is 56.3 Å². The van der Waals surface area contributed by atoms with Gasteiger partial charge in [0.15, 0.2) is 0 Å². The fourth-order valence-electron chi connectivity index (χ4n) is 5.28. The van der Waals surface area contributed by atoms with Crippen molar-refractivity contribution in [3.63, 3.8) is 0 Å². The summed E-state index contributed by atoms with van der Waals surface area (Å²) in [7, 11) is 1.63. The Bertz CT molecular complexity index is 906. The van der Waals surface area contributed by atoms with E-state index in [-0.39, 0.29) is 11.4 Å². The van der Waals surface area contributed by atoms with Crippen LogP contribution in [0.2, 0.25) is 0 Å². The van der Waals surface area contributed by atoms with Crippen molar-refractivity contribution in [3.05, 3.63) is 59.7 Å². The number of aryl methyl sites for hydroxylation is 1. The Labute approximate surface area is 197 Å². The fraction of sp³-hybridized carbons (Fsp3) is 0.519. The number of nitrogens with one attached hydrogen (secondary N) is 2. The molecule has 0 aromatic heterocycles. The van der Waals surface area contributed by atoms with Gasteiger partial charge in [-0.2, -0.15) is 0 Å². The molecule has 6 nitrogen and oxygen atoms in total. The lowest BCUT2D eigenvalue weighted by molar-refractivity contribution is -0.118. The number of hydrogen-bond donors (Lipinski definition) is 2. The van der Waals surface area contributed by atoms with Crippen LogP contribution in [-0.2, 0) is 9.53 Å². The number of carbonyl (C=O) groups is 1. The van der Waals surface area contributed by atoms with Crippen LogP contribution in [0.3, 0.4) is 0 Å². The Morgan fingerprint density at radius 1 is 1.09 bits per heavy atom. The van der Waals surface area contributed by atoms with Gasteiger partial charge in [0.1, 0.15) is 11.8 Å². The summed E-state index contributed by atoms with van der Waals surface area (Å²) in [5, 5.41) is 6.80. The van der Waals surface area contributed by atoms with Gasteiger partial charge in [-0.1, -0.05) is 55.7 Å². The third kappa shape index (κ3) is 5.75. The molecule has 2 N–H and O–H groups in total. The number of morpholine rings is 1. The maximum absolute atomic E-state index is 13.6. The zero-order chi connectivity index (χ0) is 23.1. The third-order valence-corrected chi connectivity index (χ3v) is 7.11. The molecule has 0 unspecified atom stereocenters. The van der Waals surface area contributed by atoms with E-state index in [1.807, 2.05) is 55.5 Å². The molecule has 0 bridgehead atoms. The molecular weight excluding hydrogens is 414 g/mol. The van der Waals surface area contributed by atoms with Crippen LogP contribution in [0, 0.1) is 6.92 Å². The molecule has 2 aliphatic rings. The van der Waals surface area contributed by atoms with Crippen molar-refractivity contribution in [1.29, 1.82) is 0 Å². The first-order valence-corrected chi connectivity index (χ1v) is 12.2. The number of ether oxygens (including phenoxy) is 2. The summed E-state index contributed by atoms with van der Waals surface area (Å²) in [6.45, 7) is 6.30.